The third-order valence-corrected chi connectivity index (χ3v) is 3.05. The summed E-state index contributed by atoms with van der Waals surface area (Å²) in [6.45, 7) is 0. The average molecular weight is 336 g/mol. The summed E-state index contributed by atoms with van der Waals surface area (Å²) in [6.07, 6.45) is -2.65. The quantitative estimate of drug-likeness (QED) is 0.538. The van der Waals surface area contributed by atoms with Gasteiger partial charge in [-0.2, -0.15) is 13.2 Å². The lowest BCUT2D eigenvalue weighted by molar-refractivity contribution is -0.384. The number of aromatic nitrogens is 5. The van der Waals surface area contributed by atoms with Gasteiger partial charge in [-0.05, 0) is 11.3 Å². The highest BCUT2D eigenvalue weighted by Crippen LogP contribution is 2.32. The number of nitrogens with zero attached hydrogens (tertiary/aromatic N) is 6. The van der Waals surface area contributed by atoms with Crippen LogP contribution in [0, 0.1) is 10.1 Å². The van der Waals surface area contributed by atoms with Crippen molar-refractivity contribution in [2.24, 2.45) is 0 Å². The maximum atomic E-state index is 13.0. The molecule has 0 unspecified atom stereocenters. The zero-order valence-corrected chi connectivity index (χ0v) is 11.7. The molecule has 0 spiro atoms. The second-order valence-corrected chi connectivity index (χ2v) is 4.60. The van der Waals surface area contributed by atoms with Crippen LogP contribution < -0.4 is 0 Å². The highest BCUT2D eigenvalue weighted by atomic mass is 19.4. The van der Waals surface area contributed by atoms with E-state index in [1.165, 1.54) is 24.3 Å². The van der Waals surface area contributed by atoms with E-state index in [1.807, 2.05) is 0 Å². The van der Waals surface area contributed by atoms with Gasteiger partial charge < -0.3 is 0 Å². The topological polar surface area (TPSA) is 99.6 Å². The van der Waals surface area contributed by atoms with Crippen molar-refractivity contribution in [1.29, 1.82) is 0 Å². The molecule has 122 valence electrons. The molecule has 2 aromatic heterocycles. The number of hydrogen-bond acceptors (Lipinski definition) is 6. The number of nitro groups is 1. The molecular weight excluding hydrogens is 329 g/mol. The second-order valence-electron chi connectivity index (χ2n) is 4.60. The highest BCUT2D eigenvalue weighted by molar-refractivity contribution is 5.58. The fourth-order valence-corrected chi connectivity index (χ4v) is 1.98. The number of hydrogen-bond donors (Lipinski definition) is 0. The van der Waals surface area contributed by atoms with Crippen LogP contribution in [0.5, 0.6) is 0 Å². The third-order valence-electron chi connectivity index (χ3n) is 3.05. The van der Waals surface area contributed by atoms with E-state index in [-0.39, 0.29) is 17.1 Å². The summed E-state index contributed by atoms with van der Waals surface area (Å²) in [6, 6.07) is 6.18. The van der Waals surface area contributed by atoms with Crippen molar-refractivity contribution in [2.45, 2.75) is 6.18 Å². The van der Waals surface area contributed by atoms with E-state index in [0.717, 1.165) is 18.5 Å². The van der Waals surface area contributed by atoms with Gasteiger partial charge in [0.1, 0.15) is 5.69 Å². The van der Waals surface area contributed by atoms with Gasteiger partial charge in [-0.1, -0.05) is 12.1 Å². The van der Waals surface area contributed by atoms with Crippen LogP contribution in [0.4, 0.5) is 18.9 Å². The van der Waals surface area contributed by atoms with Crippen LogP contribution in [-0.4, -0.2) is 30.1 Å². The number of rotatable bonds is 3. The minimum absolute atomic E-state index is 0.0457. The predicted molar refractivity (Wildman–Crippen MR) is 74.0 cm³/mol. The van der Waals surface area contributed by atoms with Gasteiger partial charge in [-0.15, -0.1) is 15.0 Å². The Balaban J connectivity index is 2.04. The van der Waals surface area contributed by atoms with E-state index < -0.39 is 22.4 Å². The fourth-order valence-electron chi connectivity index (χ4n) is 1.98. The van der Waals surface area contributed by atoms with Gasteiger partial charge in [0.25, 0.3) is 5.69 Å². The van der Waals surface area contributed by atoms with E-state index >= 15 is 0 Å². The molecule has 0 N–H and O–H groups in total. The number of alkyl halides is 3. The molecule has 3 rings (SSSR count). The van der Waals surface area contributed by atoms with Crippen molar-refractivity contribution in [1.82, 2.24) is 25.2 Å². The highest BCUT2D eigenvalue weighted by Gasteiger charge is 2.34. The van der Waals surface area contributed by atoms with Crippen LogP contribution in [0.15, 0.2) is 42.7 Å². The molecule has 0 aliphatic rings. The molecule has 1 aromatic carbocycles. The van der Waals surface area contributed by atoms with Crippen molar-refractivity contribution in [2.75, 3.05) is 0 Å². The molecule has 0 aliphatic carbocycles. The number of pyridine rings is 1. The molecule has 0 bridgehead atoms. The van der Waals surface area contributed by atoms with Gasteiger partial charge in [0.2, 0.25) is 5.82 Å². The van der Waals surface area contributed by atoms with E-state index in [4.69, 9.17) is 0 Å². The molecule has 2 heterocycles. The van der Waals surface area contributed by atoms with Crippen molar-refractivity contribution >= 4 is 5.69 Å². The molecule has 0 saturated heterocycles. The zero-order chi connectivity index (χ0) is 17.3. The van der Waals surface area contributed by atoms with Gasteiger partial charge in [0.05, 0.1) is 16.7 Å². The lowest BCUT2D eigenvalue weighted by Gasteiger charge is -2.09. The predicted octanol–water partition coefficient (Wildman–Crippen LogP) is 2.65. The minimum atomic E-state index is -4.61. The number of tetrazole rings is 1. The monoisotopic (exact) mass is 336 g/mol. The van der Waals surface area contributed by atoms with Crippen LogP contribution in [0.3, 0.4) is 0 Å². The smallest absolute Gasteiger partial charge is 0.262 e. The largest absolute Gasteiger partial charge is 0.418 e. The maximum Gasteiger partial charge on any atom is 0.418 e. The van der Waals surface area contributed by atoms with Crippen LogP contribution in [0.1, 0.15) is 5.56 Å². The Morgan fingerprint density at radius 3 is 2.71 bits per heavy atom. The number of halogens is 3. The van der Waals surface area contributed by atoms with Crippen molar-refractivity contribution in [3.8, 4) is 17.1 Å². The number of nitro benzene ring substituents is 1. The standard InChI is InChI=1S/C13H7F3N6O2/c14-13(15,16)10-4-5-17-7-11(10)21-19-12(18-20-21)8-2-1-3-9(6-8)22(23)24/h1-7H. The SMILES string of the molecule is O=[N+]([O-])c1cccc(-c2nnn(-c3cnccc3C(F)(F)F)n2)c1. The summed E-state index contributed by atoms with van der Waals surface area (Å²) in [5, 5.41) is 21.9. The number of non-ortho nitro benzene ring substituents is 1. The first-order valence-corrected chi connectivity index (χ1v) is 6.42. The van der Waals surface area contributed by atoms with Gasteiger partial charge in [0, 0.05) is 23.9 Å². The summed E-state index contributed by atoms with van der Waals surface area (Å²) >= 11 is 0. The van der Waals surface area contributed by atoms with E-state index in [0.29, 0.717) is 4.80 Å². The fraction of sp³-hybridized carbons (Fsp3) is 0.0769. The Morgan fingerprint density at radius 2 is 2.00 bits per heavy atom. The molecule has 11 heteroatoms. The van der Waals surface area contributed by atoms with Crippen LogP contribution in [-0.2, 0) is 6.18 Å². The van der Waals surface area contributed by atoms with Crippen molar-refractivity contribution in [3.63, 3.8) is 0 Å². The van der Waals surface area contributed by atoms with Crippen LogP contribution in [0.25, 0.3) is 17.1 Å². The molecule has 0 amide bonds. The Bertz CT molecular complexity index is 908. The molecule has 0 saturated carbocycles. The lowest BCUT2D eigenvalue weighted by atomic mass is 10.2. The molecular formula is C13H7F3N6O2. The Kier molecular flexibility index (Phi) is 3.67. The average Bonchev–Trinajstić information content (AvgIpc) is 3.04. The molecule has 0 radical (unpaired) electrons. The van der Waals surface area contributed by atoms with Crippen LogP contribution in [0.2, 0.25) is 0 Å². The minimum Gasteiger partial charge on any atom is -0.262 e. The van der Waals surface area contributed by atoms with Gasteiger partial charge in [0.15, 0.2) is 0 Å². The summed E-state index contributed by atoms with van der Waals surface area (Å²) < 4.78 is 39.0. The first kappa shape index (κ1) is 15.5. The van der Waals surface area contributed by atoms with Crippen molar-refractivity contribution < 1.29 is 18.1 Å². The molecule has 24 heavy (non-hydrogen) atoms. The molecule has 8 nitrogen and oxygen atoms in total. The Labute approximate surface area is 131 Å². The summed E-state index contributed by atoms with van der Waals surface area (Å²) in [7, 11) is 0. The second kappa shape index (κ2) is 5.68. The third kappa shape index (κ3) is 2.91. The van der Waals surface area contributed by atoms with Gasteiger partial charge >= 0.3 is 6.18 Å². The Hall–Kier alpha value is -3.37. The van der Waals surface area contributed by atoms with Gasteiger partial charge in [-0.3, -0.25) is 15.1 Å². The molecule has 0 atom stereocenters. The normalized spacial score (nSPS) is 11.5. The van der Waals surface area contributed by atoms with E-state index in [2.05, 4.69) is 20.4 Å². The zero-order valence-electron chi connectivity index (χ0n) is 11.7. The molecule has 0 aliphatic heterocycles. The lowest BCUT2D eigenvalue weighted by Crippen LogP contribution is -2.12. The first-order chi connectivity index (χ1) is 11.4. The van der Waals surface area contributed by atoms with Crippen molar-refractivity contribution in [3.05, 3.63) is 58.4 Å². The molecule has 0 fully saturated rings. The summed E-state index contributed by atoms with van der Waals surface area (Å²) in [5.74, 6) is -0.0457. The Morgan fingerprint density at radius 1 is 1.21 bits per heavy atom. The first-order valence-electron chi connectivity index (χ1n) is 6.42. The van der Waals surface area contributed by atoms with E-state index in [9.17, 15) is 23.3 Å². The van der Waals surface area contributed by atoms with E-state index in [1.54, 1.807) is 0 Å². The number of benzene rings is 1. The molecule has 3 aromatic rings. The summed E-state index contributed by atoms with van der Waals surface area (Å²) in [5.41, 5.74) is -1.30. The maximum absolute atomic E-state index is 13.0. The van der Waals surface area contributed by atoms with Gasteiger partial charge in [-0.25, -0.2) is 0 Å². The summed E-state index contributed by atoms with van der Waals surface area (Å²) in [4.78, 5) is 14.5. The van der Waals surface area contributed by atoms with Crippen LogP contribution >= 0.6 is 0 Å².